The highest BCUT2D eigenvalue weighted by Gasteiger charge is 2.39. The normalized spacial score (nSPS) is 19.6. The number of rotatable bonds is 4. The Morgan fingerprint density at radius 2 is 2.00 bits per heavy atom. The van der Waals surface area contributed by atoms with Crippen molar-refractivity contribution < 1.29 is 9.18 Å². The number of fused-ring (bicyclic) bond motifs is 1. The molecule has 4 nitrogen and oxygen atoms in total. The van der Waals surface area contributed by atoms with Crippen LogP contribution >= 0.6 is 23.2 Å². The fourth-order valence-corrected chi connectivity index (χ4v) is 5.48. The molecule has 2 aliphatic carbocycles. The van der Waals surface area contributed by atoms with Crippen molar-refractivity contribution in [1.82, 2.24) is 15.1 Å². The monoisotopic (exact) mass is 469 g/mol. The number of nitrogens with zero attached hydrogens (tertiary/aromatic N) is 2. The maximum Gasteiger partial charge on any atom is 0.227 e. The summed E-state index contributed by atoms with van der Waals surface area (Å²) >= 11 is 12.2. The van der Waals surface area contributed by atoms with E-state index in [1.54, 1.807) is 24.3 Å². The second kappa shape index (κ2) is 8.38. The maximum atomic E-state index is 13.3. The minimum absolute atomic E-state index is 0.0299. The van der Waals surface area contributed by atoms with E-state index in [0.29, 0.717) is 16.6 Å². The highest BCUT2D eigenvalue weighted by atomic mass is 35.5. The van der Waals surface area contributed by atoms with Crippen molar-refractivity contribution >= 4 is 29.1 Å². The summed E-state index contributed by atoms with van der Waals surface area (Å²) in [5, 5.41) is 8.76. The first-order valence-electron chi connectivity index (χ1n) is 10.7. The van der Waals surface area contributed by atoms with Crippen molar-refractivity contribution in [3.8, 4) is 5.69 Å². The third-order valence-electron chi connectivity index (χ3n) is 6.59. The number of nitrogens with one attached hydrogen (secondary N) is 1. The van der Waals surface area contributed by atoms with Gasteiger partial charge in [0.2, 0.25) is 5.91 Å². The van der Waals surface area contributed by atoms with E-state index in [-0.39, 0.29) is 23.6 Å². The first-order chi connectivity index (χ1) is 15.4. The fraction of sp³-hybridized carbons (Fsp3) is 0.280. The first-order valence-corrected chi connectivity index (χ1v) is 11.4. The molecule has 32 heavy (non-hydrogen) atoms. The number of carbonyl (C=O) groups excluding carboxylic acids is 1. The first kappa shape index (κ1) is 21.2. The number of amides is 1. The van der Waals surface area contributed by atoms with E-state index >= 15 is 0 Å². The highest BCUT2D eigenvalue weighted by Crippen LogP contribution is 2.47. The van der Waals surface area contributed by atoms with E-state index in [0.717, 1.165) is 41.8 Å². The van der Waals surface area contributed by atoms with Crippen LogP contribution in [0.3, 0.4) is 0 Å². The molecule has 1 amide bonds. The lowest BCUT2D eigenvalue weighted by atomic mass is 9.80. The molecule has 5 rings (SSSR count). The largest absolute Gasteiger partial charge is 0.351 e. The van der Waals surface area contributed by atoms with Crippen molar-refractivity contribution in [2.45, 2.75) is 38.6 Å². The average Bonchev–Trinajstić information content (AvgIpc) is 3.39. The van der Waals surface area contributed by atoms with Gasteiger partial charge in [0.15, 0.2) is 0 Å². The van der Waals surface area contributed by atoms with Crippen molar-refractivity contribution in [2.24, 2.45) is 5.92 Å². The van der Waals surface area contributed by atoms with E-state index in [1.807, 2.05) is 16.9 Å². The number of aromatic nitrogens is 2. The zero-order chi connectivity index (χ0) is 22.4. The van der Waals surface area contributed by atoms with Gasteiger partial charge in [-0.1, -0.05) is 47.3 Å². The Kier molecular flexibility index (Phi) is 5.56. The molecule has 0 unspecified atom stereocenters. The number of halogens is 3. The van der Waals surface area contributed by atoms with Gasteiger partial charge in [-0.3, -0.25) is 4.79 Å². The van der Waals surface area contributed by atoms with Crippen LogP contribution in [0.5, 0.6) is 0 Å². The van der Waals surface area contributed by atoms with Gasteiger partial charge in [0.05, 0.1) is 23.5 Å². The Morgan fingerprint density at radius 3 is 2.75 bits per heavy atom. The summed E-state index contributed by atoms with van der Waals surface area (Å²) in [4.78, 5) is 13.1. The van der Waals surface area contributed by atoms with Gasteiger partial charge in [-0.25, -0.2) is 9.07 Å². The quantitative estimate of drug-likeness (QED) is 0.476. The van der Waals surface area contributed by atoms with E-state index in [2.05, 4.69) is 17.3 Å². The lowest BCUT2D eigenvalue weighted by molar-refractivity contribution is -0.124. The highest BCUT2D eigenvalue weighted by molar-refractivity contribution is 6.35. The van der Waals surface area contributed by atoms with Gasteiger partial charge in [-0.2, -0.15) is 5.10 Å². The molecule has 2 atom stereocenters. The van der Waals surface area contributed by atoms with Crippen LogP contribution in [0.2, 0.25) is 10.0 Å². The Balaban J connectivity index is 1.36. The van der Waals surface area contributed by atoms with Crippen molar-refractivity contribution in [3.05, 3.63) is 92.5 Å². The summed E-state index contributed by atoms with van der Waals surface area (Å²) in [5.74, 6) is -0.270. The number of allylic oxidation sites excluding steroid dienone is 1. The predicted octanol–water partition coefficient (Wildman–Crippen LogP) is 6.00. The van der Waals surface area contributed by atoms with Gasteiger partial charge in [0.1, 0.15) is 5.82 Å². The third-order valence-corrected chi connectivity index (χ3v) is 7.18. The molecule has 2 aliphatic rings. The molecule has 1 aromatic heterocycles. The minimum atomic E-state index is -0.266. The summed E-state index contributed by atoms with van der Waals surface area (Å²) < 4.78 is 15.2. The number of benzene rings is 2. The number of hydrogen-bond acceptors (Lipinski definition) is 2. The molecule has 0 saturated carbocycles. The molecule has 1 N–H and O–H groups in total. The van der Waals surface area contributed by atoms with Crippen LogP contribution in [0.1, 0.15) is 42.5 Å². The minimum Gasteiger partial charge on any atom is -0.351 e. The summed E-state index contributed by atoms with van der Waals surface area (Å²) in [7, 11) is 0. The summed E-state index contributed by atoms with van der Waals surface area (Å²) in [5.41, 5.74) is 6.48. The zero-order valence-electron chi connectivity index (χ0n) is 17.5. The smallest absolute Gasteiger partial charge is 0.227 e. The van der Waals surface area contributed by atoms with Crippen molar-refractivity contribution in [3.63, 3.8) is 0 Å². The van der Waals surface area contributed by atoms with Gasteiger partial charge < -0.3 is 5.32 Å². The van der Waals surface area contributed by atoms with Crippen LogP contribution in [0.4, 0.5) is 4.39 Å². The molecule has 0 spiro atoms. The SMILES string of the molecule is C[C@@H]1C2=C(CC[C@H]2C(=O)NCc2ccc(Cl)cc2Cl)Cc2c1cnn2-c1ccc(F)cc1. The zero-order valence-corrected chi connectivity index (χ0v) is 19.1. The molecule has 2 aromatic carbocycles. The molecular weight excluding hydrogens is 448 g/mol. The standard InChI is InChI=1S/C25H22Cl2FN3O/c1-14-21-13-30-31(19-7-5-18(28)6-8-19)23(21)10-15-3-9-20(24(14)15)25(32)29-12-16-2-4-17(26)11-22(16)27/h2,4-8,11,13-14,20H,3,9-10,12H2,1H3,(H,29,32)/t14-,20+/m0/s1. The van der Waals surface area contributed by atoms with Crippen molar-refractivity contribution in [1.29, 1.82) is 0 Å². The van der Waals surface area contributed by atoms with Crippen molar-refractivity contribution in [2.75, 3.05) is 0 Å². The fourth-order valence-electron chi connectivity index (χ4n) is 5.01. The van der Waals surface area contributed by atoms with E-state index < -0.39 is 0 Å². The summed E-state index contributed by atoms with van der Waals surface area (Å²) in [6.45, 7) is 2.52. The Bertz CT molecular complexity index is 1230. The van der Waals surface area contributed by atoms with Gasteiger partial charge in [-0.05, 0) is 54.8 Å². The maximum absolute atomic E-state index is 13.3. The molecule has 164 valence electrons. The molecular formula is C25H22Cl2FN3O. The molecule has 7 heteroatoms. The van der Waals surface area contributed by atoms with Gasteiger partial charge in [0.25, 0.3) is 0 Å². The van der Waals surface area contributed by atoms with Crippen LogP contribution < -0.4 is 5.32 Å². The third kappa shape index (κ3) is 3.74. The topological polar surface area (TPSA) is 46.9 Å². The predicted molar refractivity (Wildman–Crippen MR) is 124 cm³/mol. The lowest BCUT2D eigenvalue weighted by Crippen LogP contribution is -2.32. The second-order valence-electron chi connectivity index (χ2n) is 8.44. The van der Waals surface area contributed by atoms with Crippen LogP contribution in [0.25, 0.3) is 5.69 Å². The Morgan fingerprint density at radius 1 is 1.22 bits per heavy atom. The van der Waals surface area contributed by atoms with Gasteiger partial charge in [-0.15, -0.1) is 0 Å². The van der Waals surface area contributed by atoms with Crippen LogP contribution in [-0.2, 0) is 17.8 Å². The molecule has 0 fully saturated rings. The van der Waals surface area contributed by atoms with E-state index in [1.165, 1.54) is 23.3 Å². The number of hydrogen-bond donors (Lipinski definition) is 1. The average molecular weight is 470 g/mol. The molecule has 0 saturated heterocycles. The Labute approximate surface area is 196 Å². The molecule has 1 heterocycles. The van der Waals surface area contributed by atoms with Gasteiger partial charge >= 0.3 is 0 Å². The van der Waals surface area contributed by atoms with Crippen LogP contribution in [0, 0.1) is 11.7 Å². The van der Waals surface area contributed by atoms with Gasteiger partial charge in [0, 0.05) is 34.5 Å². The number of carbonyl (C=O) groups is 1. The summed E-state index contributed by atoms with van der Waals surface area (Å²) in [6, 6.07) is 11.7. The summed E-state index contributed by atoms with van der Waals surface area (Å²) in [6.07, 6.45) is 4.35. The second-order valence-corrected chi connectivity index (χ2v) is 9.28. The molecule has 0 radical (unpaired) electrons. The lowest BCUT2D eigenvalue weighted by Gasteiger charge is -2.26. The van der Waals surface area contributed by atoms with Crippen LogP contribution in [-0.4, -0.2) is 15.7 Å². The molecule has 3 aromatic rings. The molecule has 0 bridgehead atoms. The van der Waals surface area contributed by atoms with Crippen LogP contribution in [0.15, 0.2) is 59.8 Å². The Hall–Kier alpha value is -2.63. The van der Waals surface area contributed by atoms with E-state index in [4.69, 9.17) is 23.2 Å². The molecule has 0 aliphatic heterocycles. The van der Waals surface area contributed by atoms with E-state index in [9.17, 15) is 9.18 Å².